The van der Waals surface area contributed by atoms with E-state index in [1.165, 1.54) is 12.1 Å². The fourth-order valence-electron chi connectivity index (χ4n) is 4.54. The smallest absolute Gasteiger partial charge is 0.166 e. The van der Waals surface area contributed by atoms with Gasteiger partial charge in [-0.25, -0.2) is 13.9 Å². The van der Waals surface area contributed by atoms with Crippen LogP contribution in [-0.2, 0) is 6.42 Å². The average Bonchev–Trinajstić information content (AvgIpc) is 3.15. The highest BCUT2D eigenvalue weighted by Gasteiger charge is 2.31. The van der Waals surface area contributed by atoms with Crippen LogP contribution in [0.1, 0.15) is 39.6 Å². The molecule has 2 heterocycles. The number of ketones is 1. The van der Waals surface area contributed by atoms with Crippen molar-refractivity contribution in [1.29, 1.82) is 0 Å². The summed E-state index contributed by atoms with van der Waals surface area (Å²) >= 11 is 0. The number of carbonyl (C=O) groups is 1. The molecule has 0 saturated heterocycles. The summed E-state index contributed by atoms with van der Waals surface area (Å²) in [6.07, 6.45) is 2.63. The first kappa shape index (κ1) is 20.2. The van der Waals surface area contributed by atoms with Crippen LogP contribution in [0, 0.1) is 12.7 Å². The number of carbonyl (C=O) groups excluding carboxylic acids is 1. The van der Waals surface area contributed by atoms with E-state index in [1.54, 1.807) is 37.1 Å². The lowest BCUT2D eigenvalue weighted by Crippen LogP contribution is -2.23. The number of methoxy groups -OCH3 is 2. The summed E-state index contributed by atoms with van der Waals surface area (Å²) in [5, 5.41) is 4.71. The van der Waals surface area contributed by atoms with Crippen molar-refractivity contribution in [3.8, 4) is 22.6 Å². The maximum Gasteiger partial charge on any atom is 0.166 e. The van der Waals surface area contributed by atoms with Gasteiger partial charge in [-0.2, -0.15) is 5.10 Å². The minimum Gasteiger partial charge on any atom is -0.497 e. The molecule has 0 N–H and O–H groups in total. The summed E-state index contributed by atoms with van der Waals surface area (Å²) in [7, 11) is 3.22. The first-order valence-corrected chi connectivity index (χ1v) is 10.4. The maximum atomic E-state index is 13.4. The topological polar surface area (TPSA) is 65.7 Å². The molecule has 0 radical (unpaired) electrons. The Kier molecular flexibility index (Phi) is 4.89. The Morgan fingerprint density at radius 1 is 1.06 bits per heavy atom. The summed E-state index contributed by atoms with van der Waals surface area (Å²) in [6, 6.07) is 12.0. The van der Waals surface area contributed by atoms with E-state index in [4.69, 9.17) is 14.6 Å². The molecule has 0 fully saturated rings. The van der Waals surface area contributed by atoms with Gasteiger partial charge >= 0.3 is 0 Å². The highest BCUT2D eigenvalue weighted by molar-refractivity contribution is 5.99. The van der Waals surface area contributed by atoms with E-state index in [0.29, 0.717) is 35.6 Å². The highest BCUT2D eigenvalue weighted by Crippen LogP contribution is 2.39. The van der Waals surface area contributed by atoms with E-state index in [2.05, 4.69) is 4.98 Å². The number of Topliss-reactive ketones (excluding diaryl/α,β-unsaturated/α-hetero) is 1. The number of aromatic nitrogens is 3. The van der Waals surface area contributed by atoms with Gasteiger partial charge in [0.25, 0.3) is 0 Å². The van der Waals surface area contributed by atoms with Gasteiger partial charge in [0.15, 0.2) is 11.4 Å². The molecule has 2 aromatic carbocycles. The monoisotopic (exact) mass is 431 g/mol. The van der Waals surface area contributed by atoms with E-state index in [0.717, 1.165) is 28.1 Å². The Hall–Kier alpha value is -3.74. The van der Waals surface area contributed by atoms with E-state index >= 15 is 0 Å². The van der Waals surface area contributed by atoms with Crippen molar-refractivity contribution in [3.63, 3.8) is 0 Å². The van der Waals surface area contributed by atoms with Crippen LogP contribution in [0.25, 0.3) is 16.8 Å². The summed E-state index contributed by atoms with van der Waals surface area (Å²) in [5.41, 5.74) is 5.48. The third-order valence-electron chi connectivity index (χ3n) is 6.10. The molecule has 0 aliphatic heterocycles. The second-order valence-electron chi connectivity index (χ2n) is 7.96. The summed E-state index contributed by atoms with van der Waals surface area (Å²) in [6.45, 7) is 1.90. The number of benzene rings is 2. The van der Waals surface area contributed by atoms with Gasteiger partial charge in [-0.05, 0) is 42.7 Å². The predicted molar refractivity (Wildman–Crippen MR) is 118 cm³/mol. The zero-order valence-corrected chi connectivity index (χ0v) is 18.1. The van der Waals surface area contributed by atoms with E-state index in [9.17, 15) is 9.18 Å². The standard InChI is InChI=1S/C25H22FN3O3/c1-14-24(15-4-6-17(26)7-5-15)25-27-13-20-21(29(25)28-14)10-16(11-22(20)30)19-9-8-18(31-2)12-23(19)32-3/h4-9,12-13,16H,10-11H2,1-3H3. The van der Waals surface area contributed by atoms with Crippen LogP contribution in [0.3, 0.4) is 0 Å². The molecule has 0 bridgehead atoms. The van der Waals surface area contributed by atoms with Crippen molar-refractivity contribution in [1.82, 2.24) is 14.6 Å². The van der Waals surface area contributed by atoms with E-state index in [-0.39, 0.29) is 17.5 Å². The largest absolute Gasteiger partial charge is 0.497 e. The van der Waals surface area contributed by atoms with Gasteiger partial charge in [-0.3, -0.25) is 4.79 Å². The van der Waals surface area contributed by atoms with Gasteiger partial charge < -0.3 is 9.47 Å². The third kappa shape index (κ3) is 3.21. The molecular formula is C25H22FN3O3. The van der Waals surface area contributed by atoms with Crippen LogP contribution < -0.4 is 9.47 Å². The number of fused-ring (bicyclic) bond motifs is 3. The molecular weight excluding hydrogens is 409 g/mol. The number of aryl methyl sites for hydroxylation is 1. The molecule has 1 aliphatic carbocycles. The van der Waals surface area contributed by atoms with Crippen molar-refractivity contribution < 1.29 is 18.7 Å². The summed E-state index contributed by atoms with van der Waals surface area (Å²) in [4.78, 5) is 17.6. The predicted octanol–water partition coefficient (Wildman–Crippen LogP) is 4.77. The fraction of sp³-hybridized carbons (Fsp3) is 0.240. The first-order chi connectivity index (χ1) is 15.5. The van der Waals surface area contributed by atoms with Crippen LogP contribution >= 0.6 is 0 Å². The second kappa shape index (κ2) is 7.75. The van der Waals surface area contributed by atoms with Crippen molar-refractivity contribution in [3.05, 3.63) is 77.0 Å². The maximum absolute atomic E-state index is 13.4. The molecule has 4 aromatic rings. The third-order valence-corrected chi connectivity index (χ3v) is 6.10. The number of nitrogens with zero attached hydrogens (tertiary/aromatic N) is 3. The Labute approximate surface area is 184 Å². The van der Waals surface area contributed by atoms with Crippen molar-refractivity contribution in [2.45, 2.75) is 25.7 Å². The number of ether oxygens (including phenoxy) is 2. The number of rotatable bonds is 4. The summed E-state index contributed by atoms with van der Waals surface area (Å²) in [5.74, 6) is 1.07. The minimum absolute atomic E-state index is 0.0278. The zero-order valence-electron chi connectivity index (χ0n) is 18.1. The average molecular weight is 431 g/mol. The fourth-order valence-corrected chi connectivity index (χ4v) is 4.54. The molecule has 6 nitrogen and oxygen atoms in total. The van der Waals surface area contributed by atoms with E-state index < -0.39 is 0 Å². The molecule has 32 heavy (non-hydrogen) atoms. The minimum atomic E-state index is -0.296. The quantitative estimate of drug-likeness (QED) is 0.466. The second-order valence-corrected chi connectivity index (χ2v) is 7.96. The molecule has 1 atom stereocenters. The lowest BCUT2D eigenvalue weighted by molar-refractivity contribution is 0.0961. The molecule has 0 amide bonds. The Morgan fingerprint density at radius 2 is 1.84 bits per heavy atom. The Morgan fingerprint density at radius 3 is 2.56 bits per heavy atom. The molecule has 162 valence electrons. The zero-order chi connectivity index (χ0) is 22.4. The van der Waals surface area contributed by atoms with Crippen LogP contribution in [0.2, 0.25) is 0 Å². The van der Waals surface area contributed by atoms with Gasteiger partial charge in [0.05, 0.1) is 31.2 Å². The SMILES string of the molecule is COc1ccc(C2CC(=O)c3cnc4c(-c5ccc(F)cc5)c(C)nn4c3C2)c(OC)c1. The number of hydrogen-bond acceptors (Lipinski definition) is 5. The van der Waals surface area contributed by atoms with Crippen molar-refractivity contribution >= 4 is 11.4 Å². The van der Waals surface area contributed by atoms with Gasteiger partial charge in [0, 0.05) is 30.2 Å². The van der Waals surface area contributed by atoms with Crippen LogP contribution in [0.4, 0.5) is 4.39 Å². The Bertz CT molecular complexity index is 1350. The normalized spacial score (nSPS) is 15.6. The molecule has 0 saturated carbocycles. The summed E-state index contributed by atoms with van der Waals surface area (Å²) < 4.78 is 26.1. The van der Waals surface area contributed by atoms with Crippen molar-refractivity contribution in [2.75, 3.05) is 14.2 Å². The molecule has 0 spiro atoms. The molecule has 5 rings (SSSR count). The first-order valence-electron chi connectivity index (χ1n) is 10.4. The molecule has 7 heteroatoms. The lowest BCUT2D eigenvalue weighted by atomic mass is 9.81. The molecule has 1 unspecified atom stereocenters. The van der Waals surface area contributed by atoms with Crippen LogP contribution in [-0.4, -0.2) is 34.6 Å². The molecule has 1 aliphatic rings. The van der Waals surface area contributed by atoms with Gasteiger partial charge in [0.1, 0.15) is 17.3 Å². The highest BCUT2D eigenvalue weighted by atomic mass is 19.1. The number of halogens is 1. The van der Waals surface area contributed by atoms with E-state index in [1.807, 2.05) is 25.1 Å². The lowest BCUT2D eigenvalue weighted by Gasteiger charge is -2.25. The molecule has 2 aromatic heterocycles. The van der Waals surface area contributed by atoms with Gasteiger partial charge in [-0.1, -0.05) is 18.2 Å². The van der Waals surface area contributed by atoms with Crippen molar-refractivity contribution in [2.24, 2.45) is 0 Å². The van der Waals surface area contributed by atoms with Gasteiger partial charge in [-0.15, -0.1) is 0 Å². The van der Waals surface area contributed by atoms with Crippen LogP contribution in [0.15, 0.2) is 48.7 Å². The van der Waals surface area contributed by atoms with Crippen LogP contribution in [0.5, 0.6) is 11.5 Å². The number of hydrogen-bond donors (Lipinski definition) is 0. The van der Waals surface area contributed by atoms with Gasteiger partial charge in [0.2, 0.25) is 0 Å². The Balaban J connectivity index is 1.63.